The number of carbonyl (C=O) groups is 1. The molecule has 1 aromatic carbocycles. The summed E-state index contributed by atoms with van der Waals surface area (Å²) < 4.78 is 28.5. The first kappa shape index (κ1) is 22.0. The Morgan fingerprint density at radius 1 is 1.37 bits per heavy atom. The van der Waals surface area contributed by atoms with Crippen LogP contribution in [-0.2, 0) is 21.3 Å². The van der Waals surface area contributed by atoms with Gasteiger partial charge in [-0.25, -0.2) is 23.3 Å². The van der Waals surface area contributed by atoms with E-state index in [1.807, 2.05) is 19.1 Å². The van der Waals surface area contributed by atoms with Crippen LogP contribution in [0.1, 0.15) is 31.0 Å². The monoisotopic (exact) mass is 433 g/mol. The van der Waals surface area contributed by atoms with Crippen LogP contribution in [0, 0.1) is 0 Å². The Kier molecular flexibility index (Phi) is 6.91. The molecule has 10 heteroatoms. The molecule has 1 fully saturated rings. The molecule has 0 radical (unpaired) electrons. The molecule has 2 amide bonds. The van der Waals surface area contributed by atoms with Crippen LogP contribution in [0.4, 0.5) is 10.6 Å². The van der Waals surface area contributed by atoms with Crippen molar-refractivity contribution in [1.29, 1.82) is 0 Å². The average Bonchev–Trinajstić information content (AvgIpc) is 2.72. The van der Waals surface area contributed by atoms with Gasteiger partial charge in [0.1, 0.15) is 5.82 Å². The highest BCUT2D eigenvalue weighted by atomic mass is 32.2. The van der Waals surface area contributed by atoms with Gasteiger partial charge in [-0.15, -0.1) is 0 Å². The summed E-state index contributed by atoms with van der Waals surface area (Å²) in [6.07, 6.45) is 1.92. The number of pyridine rings is 1. The summed E-state index contributed by atoms with van der Waals surface area (Å²) in [7, 11) is -3.79. The normalized spacial score (nSPS) is 18.0. The van der Waals surface area contributed by atoms with Crippen LogP contribution in [0.5, 0.6) is 0 Å². The topological polar surface area (TPSA) is 127 Å². The highest BCUT2D eigenvalue weighted by Crippen LogP contribution is 2.17. The number of morpholine rings is 1. The zero-order valence-corrected chi connectivity index (χ0v) is 17.9. The summed E-state index contributed by atoms with van der Waals surface area (Å²) in [6.45, 7) is 6.42. The molecule has 4 N–H and O–H groups in total. The van der Waals surface area contributed by atoms with Crippen molar-refractivity contribution in [2.24, 2.45) is 5.14 Å². The largest absolute Gasteiger partial charge is 0.375 e. The molecule has 2 heterocycles. The number of primary sulfonamides is 1. The summed E-state index contributed by atoms with van der Waals surface area (Å²) >= 11 is 0. The summed E-state index contributed by atoms with van der Waals surface area (Å²) in [4.78, 5) is 18.9. The van der Waals surface area contributed by atoms with Crippen LogP contribution in [0.3, 0.4) is 0 Å². The highest BCUT2D eigenvalue weighted by Gasteiger charge is 2.18. The number of sulfonamides is 1. The zero-order valence-electron chi connectivity index (χ0n) is 17.0. The average molecular weight is 434 g/mol. The number of ether oxygens (including phenoxy) is 1. The molecule has 2 atom stereocenters. The van der Waals surface area contributed by atoms with E-state index in [-0.39, 0.29) is 17.0 Å². The molecule has 2 aromatic rings. The molecular formula is C20H27N5O4S. The van der Waals surface area contributed by atoms with Crippen LogP contribution in [0.2, 0.25) is 0 Å². The minimum absolute atomic E-state index is 0.00915. The molecule has 2 unspecified atom stereocenters. The first-order valence-corrected chi connectivity index (χ1v) is 11.3. The third-order valence-corrected chi connectivity index (χ3v) is 5.77. The van der Waals surface area contributed by atoms with Gasteiger partial charge in [-0.3, -0.25) is 0 Å². The fourth-order valence-electron chi connectivity index (χ4n) is 3.21. The van der Waals surface area contributed by atoms with Crippen molar-refractivity contribution in [2.75, 3.05) is 24.6 Å². The lowest BCUT2D eigenvalue weighted by molar-refractivity contribution is 0.0529. The Bertz CT molecular complexity index is 981. The minimum atomic E-state index is -3.79. The van der Waals surface area contributed by atoms with Crippen LogP contribution in [0.15, 0.2) is 47.5 Å². The number of amides is 2. The predicted molar refractivity (Wildman–Crippen MR) is 113 cm³/mol. The second-order valence-corrected chi connectivity index (χ2v) is 8.88. The van der Waals surface area contributed by atoms with Gasteiger partial charge in [-0.1, -0.05) is 18.2 Å². The van der Waals surface area contributed by atoms with Crippen molar-refractivity contribution < 1.29 is 17.9 Å². The van der Waals surface area contributed by atoms with Crippen molar-refractivity contribution in [3.63, 3.8) is 0 Å². The maximum absolute atomic E-state index is 12.2. The van der Waals surface area contributed by atoms with Crippen LogP contribution < -0.4 is 20.7 Å². The fourth-order valence-corrected chi connectivity index (χ4v) is 3.78. The van der Waals surface area contributed by atoms with Crippen LogP contribution in [-0.4, -0.2) is 45.2 Å². The Morgan fingerprint density at radius 2 is 2.17 bits per heavy atom. The number of nitrogens with zero attached hydrogens (tertiary/aromatic N) is 2. The van der Waals surface area contributed by atoms with Gasteiger partial charge in [0, 0.05) is 25.8 Å². The third kappa shape index (κ3) is 5.91. The molecule has 0 saturated carbocycles. The summed E-state index contributed by atoms with van der Waals surface area (Å²) in [5, 5.41) is 10.7. The quantitative estimate of drug-likeness (QED) is 0.634. The Morgan fingerprint density at radius 3 is 2.83 bits per heavy atom. The molecule has 30 heavy (non-hydrogen) atoms. The standard InChI is InChI=1S/C20H27N5O4S/c1-14-13-25(8-9-29-14)19-7-6-16(11-22-19)12-23-20(26)24-15(2)17-4-3-5-18(10-17)30(21,27)28/h3-7,10-11,14-15H,8-9,12-13H2,1-2H3,(H2,21,27,28)(H2,23,24,26). The number of benzene rings is 1. The number of urea groups is 1. The van der Waals surface area contributed by atoms with Crippen molar-refractivity contribution in [2.45, 2.75) is 37.4 Å². The van der Waals surface area contributed by atoms with Crippen molar-refractivity contribution in [1.82, 2.24) is 15.6 Å². The molecule has 162 valence electrons. The number of rotatable bonds is 6. The zero-order chi connectivity index (χ0) is 21.7. The minimum Gasteiger partial charge on any atom is -0.375 e. The number of hydrogen-bond donors (Lipinski definition) is 3. The molecular weight excluding hydrogens is 406 g/mol. The number of nitrogens with two attached hydrogens (primary N) is 1. The van der Waals surface area contributed by atoms with Crippen molar-refractivity contribution in [3.8, 4) is 0 Å². The van der Waals surface area contributed by atoms with E-state index in [2.05, 4.69) is 20.5 Å². The van der Waals surface area contributed by atoms with Gasteiger partial charge < -0.3 is 20.3 Å². The Balaban J connectivity index is 1.52. The van der Waals surface area contributed by atoms with Gasteiger partial charge in [0.15, 0.2) is 0 Å². The second-order valence-electron chi connectivity index (χ2n) is 7.32. The molecule has 0 spiro atoms. The molecule has 0 aliphatic carbocycles. The van der Waals surface area contributed by atoms with Gasteiger partial charge in [0.05, 0.1) is 23.6 Å². The highest BCUT2D eigenvalue weighted by molar-refractivity contribution is 7.89. The molecule has 1 saturated heterocycles. The molecule has 0 bridgehead atoms. The van der Waals surface area contributed by atoms with E-state index in [1.165, 1.54) is 12.1 Å². The fraction of sp³-hybridized carbons (Fsp3) is 0.400. The molecule has 3 rings (SSSR count). The maximum Gasteiger partial charge on any atom is 0.315 e. The van der Waals surface area contributed by atoms with Crippen molar-refractivity contribution in [3.05, 3.63) is 53.7 Å². The number of hydrogen-bond acceptors (Lipinski definition) is 6. The lowest BCUT2D eigenvalue weighted by Gasteiger charge is -2.32. The second kappa shape index (κ2) is 9.41. The Hall–Kier alpha value is -2.69. The van der Waals surface area contributed by atoms with E-state index in [0.717, 1.165) is 24.5 Å². The smallest absolute Gasteiger partial charge is 0.315 e. The van der Waals surface area contributed by atoms with E-state index in [1.54, 1.807) is 25.3 Å². The van der Waals surface area contributed by atoms with E-state index < -0.39 is 16.1 Å². The first-order valence-electron chi connectivity index (χ1n) is 9.71. The number of aromatic nitrogens is 1. The Labute approximate surface area is 176 Å². The number of nitrogens with one attached hydrogen (secondary N) is 2. The van der Waals surface area contributed by atoms with E-state index in [4.69, 9.17) is 9.88 Å². The summed E-state index contributed by atoms with van der Waals surface area (Å²) in [6, 6.07) is 9.30. The predicted octanol–water partition coefficient (Wildman–Crippen LogP) is 1.51. The first-order chi connectivity index (χ1) is 14.2. The number of carbonyl (C=O) groups excluding carboxylic acids is 1. The lowest BCUT2D eigenvalue weighted by Crippen LogP contribution is -2.41. The number of anilines is 1. The molecule has 9 nitrogen and oxygen atoms in total. The maximum atomic E-state index is 12.2. The van der Waals surface area contributed by atoms with Crippen molar-refractivity contribution >= 4 is 21.9 Å². The van der Waals surface area contributed by atoms with E-state index >= 15 is 0 Å². The van der Waals surface area contributed by atoms with Gasteiger partial charge in [0.25, 0.3) is 0 Å². The van der Waals surface area contributed by atoms with Crippen LogP contribution >= 0.6 is 0 Å². The molecule has 1 aliphatic heterocycles. The van der Waals surface area contributed by atoms with E-state index in [0.29, 0.717) is 18.7 Å². The SMILES string of the molecule is CC1CN(c2ccc(CNC(=O)NC(C)c3cccc(S(N)(=O)=O)c3)cn2)CCO1. The molecule has 1 aliphatic rings. The van der Waals surface area contributed by atoms with Gasteiger partial charge in [-0.2, -0.15) is 0 Å². The van der Waals surface area contributed by atoms with Gasteiger partial charge in [0.2, 0.25) is 10.0 Å². The van der Waals surface area contributed by atoms with Gasteiger partial charge >= 0.3 is 6.03 Å². The summed E-state index contributed by atoms with van der Waals surface area (Å²) in [5.74, 6) is 0.890. The van der Waals surface area contributed by atoms with E-state index in [9.17, 15) is 13.2 Å². The molecule has 1 aromatic heterocycles. The summed E-state index contributed by atoms with van der Waals surface area (Å²) in [5.41, 5.74) is 1.52. The lowest BCUT2D eigenvalue weighted by atomic mass is 10.1. The third-order valence-electron chi connectivity index (χ3n) is 4.86. The van der Waals surface area contributed by atoms with Crippen LogP contribution in [0.25, 0.3) is 0 Å². The van der Waals surface area contributed by atoms with Gasteiger partial charge in [-0.05, 0) is 43.2 Å².